The number of ether oxygens (including phenoxy) is 1. The molecule has 0 saturated carbocycles. The van der Waals surface area contributed by atoms with E-state index in [1.54, 1.807) is 53.4 Å². The lowest BCUT2D eigenvalue weighted by molar-refractivity contribution is -0.137. The van der Waals surface area contributed by atoms with E-state index in [2.05, 4.69) is 5.32 Å². The van der Waals surface area contributed by atoms with Crippen molar-refractivity contribution >= 4 is 29.0 Å². The molecule has 0 aliphatic rings. The van der Waals surface area contributed by atoms with Crippen molar-refractivity contribution in [3.63, 3.8) is 0 Å². The van der Waals surface area contributed by atoms with E-state index in [-0.39, 0.29) is 18.1 Å². The number of nitrogens with one attached hydrogen (secondary N) is 1. The van der Waals surface area contributed by atoms with Crippen LogP contribution in [0.4, 0.5) is 11.4 Å². The summed E-state index contributed by atoms with van der Waals surface area (Å²) in [6.07, 6.45) is 1.15. The first kappa shape index (κ1) is 31.7. The lowest BCUT2D eigenvalue weighted by Crippen LogP contribution is -2.34. The van der Waals surface area contributed by atoms with Crippen molar-refractivity contribution in [1.29, 1.82) is 0 Å². The van der Waals surface area contributed by atoms with Crippen molar-refractivity contribution in [3.8, 4) is 5.75 Å². The van der Waals surface area contributed by atoms with Gasteiger partial charge < -0.3 is 20.1 Å². The third kappa shape index (κ3) is 8.70. The van der Waals surface area contributed by atoms with E-state index in [9.17, 15) is 19.5 Å². The monoisotopic (exact) mass is 612 g/mol. The Labute approximate surface area is 269 Å². The van der Waals surface area contributed by atoms with Crippen molar-refractivity contribution in [2.45, 2.75) is 25.3 Å². The molecule has 0 spiro atoms. The van der Waals surface area contributed by atoms with Crippen LogP contribution in [-0.2, 0) is 22.4 Å². The fraction of sp³-hybridized carbons (Fsp3) is 0.154. The summed E-state index contributed by atoms with van der Waals surface area (Å²) in [5.41, 5.74) is 4.04. The maximum atomic E-state index is 13.2. The molecule has 0 radical (unpaired) electrons. The molecule has 5 aromatic rings. The van der Waals surface area contributed by atoms with Gasteiger partial charge in [0.2, 0.25) is 5.91 Å². The first-order valence-corrected chi connectivity index (χ1v) is 15.3. The molecule has 2 N–H and O–H groups in total. The standard InChI is InChI=1S/C39H36N2O5/c42-37(28-29-13-4-1-5-14-29)41(32-17-8-3-9-18-32)25-12-26-46-33-23-21-30(22-24-33)27-36(39(44)45)40-35-20-11-10-19-34(35)38(43)31-15-6-2-7-16-31/h1-11,13-24,36,40H,12,25-28H2,(H,44,45)/t36-/m0/s1. The third-order valence-electron chi connectivity index (χ3n) is 7.56. The second kappa shape index (κ2) is 15.9. The van der Waals surface area contributed by atoms with Gasteiger partial charge in [-0.05, 0) is 53.9 Å². The van der Waals surface area contributed by atoms with Gasteiger partial charge in [-0.1, -0.05) is 103 Å². The van der Waals surface area contributed by atoms with Crippen molar-refractivity contribution in [3.05, 3.63) is 162 Å². The number of benzene rings is 5. The molecule has 1 amide bonds. The van der Waals surface area contributed by atoms with Gasteiger partial charge in [-0.15, -0.1) is 0 Å². The van der Waals surface area contributed by atoms with E-state index in [4.69, 9.17) is 4.74 Å². The summed E-state index contributed by atoms with van der Waals surface area (Å²) in [7, 11) is 0. The molecule has 0 heterocycles. The summed E-state index contributed by atoms with van der Waals surface area (Å²) in [4.78, 5) is 40.3. The van der Waals surface area contributed by atoms with Gasteiger partial charge in [-0.25, -0.2) is 4.79 Å². The topological polar surface area (TPSA) is 95.9 Å². The minimum Gasteiger partial charge on any atom is -0.494 e. The van der Waals surface area contributed by atoms with E-state index in [0.717, 1.165) is 16.8 Å². The quantitative estimate of drug-likeness (QED) is 0.0970. The lowest BCUT2D eigenvalue weighted by atomic mass is 10.00. The van der Waals surface area contributed by atoms with Crippen molar-refractivity contribution in [1.82, 2.24) is 0 Å². The van der Waals surface area contributed by atoms with Crippen LogP contribution in [0.15, 0.2) is 140 Å². The molecule has 0 aliphatic heterocycles. The number of ketones is 1. The van der Waals surface area contributed by atoms with E-state index < -0.39 is 12.0 Å². The second-order valence-corrected chi connectivity index (χ2v) is 10.9. The number of nitrogens with zero attached hydrogens (tertiary/aromatic N) is 1. The molecular weight excluding hydrogens is 576 g/mol. The number of aliphatic carboxylic acids is 1. The third-order valence-corrected chi connectivity index (χ3v) is 7.56. The molecule has 46 heavy (non-hydrogen) atoms. The van der Waals surface area contributed by atoms with Crippen LogP contribution in [0.1, 0.15) is 33.5 Å². The number of para-hydroxylation sites is 2. The zero-order valence-corrected chi connectivity index (χ0v) is 25.4. The van der Waals surface area contributed by atoms with Crippen LogP contribution in [0.3, 0.4) is 0 Å². The number of carbonyl (C=O) groups is 3. The van der Waals surface area contributed by atoms with Crippen molar-refractivity contribution in [2.24, 2.45) is 0 Å². The summed E-state index contributed by atoms with van der Waals surface area (Å²) >= 11 is 0. The molecule has 7 heteroatoms. The normalized spacial score (nSPS) is 11.3. The van der Waals surface area contributed by atoms with E-state index in [1.807, 2.05) is 91.0 Å². The van der Waals surface area contributed by atoms with Gasteiger partial charge in [0.1, 0.15) is 11.8 Å². The van der Waals surface area contributed by atoms with Gasteiger partial charge in [0.15, 0.2) is 5.78 Å². The number of hydrogen-bond acceptors (Lipinski definition) is 5. The SMILES string of the molecule is O=C(c1ccccc1)c1ccccc1N[C@@H](Cc1ccc(OCCCN(C(=O)Cc2ccccc2)c2ccccc2)cc1)C(=O)O. The van der Waals surface area contributed by atoms with Crippen LogP contribution in [0.2, 0.25) is 0 Å². The first-order chi connectivity index (χ1) is 22.5. The number of hydrogen-bond donors (Lipinski definition) is 2. The number of carboxylic acid groups (broad SMARTS) is 1. The highest BCUT2D eigenvalue weighted by Gasteiger charge is 2.21. The fourth-order valence-electron chi connectivity index (χ4n) is 5.18. The minimum atomic E-state index is -1.02. The van der Waals surface area contributed by atoms with Crippen molar-refractivity contribution in [2.75, 3.05) is 23.4 Å². The Morgan fingerprint density at radius 1 is 0.696 bits per heavy atom. The summed E-state index contributed by atoms with van der Waals surface area (Å²) < 4.78 is 5.97. The summed E-state index contributed by atoms with van der Waals surface area (Å²) in [6, 6.07) is 41.6. The van der Waals surface area contributed by atoms with Gasteiger partial charge in [-0.3, -0.25) is 9.59 Å². The maximum absolute atomic E-state index is 13.2. The molecule has 1 atom stereocenters. The molecule has 0 bridgehead atoms. The van der Waals surface area contributed by atoms with Crippen LogP contribution in [0, 0.1) is 0 Å². The Balaban J connectivity index is 1.16. The highest BCUT2D eigenvalue weighted by atomic mass is 16.5. The predicted octanol–water partition coefficient (Wildman–Crippen LogP) is 7.07. The van der Waals surface area contributed by atoms with Gasteiger partial charge in [0.05, 0.1) is 13.0 Å². The average Bonchev–Trinajstić information content (AvgIpc) is 3.09. The number of carbonyl (C=O) groups excluding carboxylic acids is 2. The Morgan fingerprint density at radius 3 is 1.98 bits per heavy atom. The smallest absolute Gasteiger partial charge is 0.326 e. The molecule has 5 aromatic carbocycles. The first-order valence-electron chi connectivity index (χ1n) is 15.3. The molecule has 0 saturated heterocycles. The molecule has 0 unspecified atom stereocenters. The fourth-order valence-corrected chi connectivity index (χ4v) is 5.18. The molecule has 0 fully saturated rings. The molecule has 0 aliphatic carbocycles. The van der Waals surface area contributed by atoms with Gasteiger partial charge >= 0.3 is 5.97 Å². The number of anilines is 2. The summed E-state index contributed by atoms with van der Waals surface area (Å²) in [5, 5.41) is 13.1. The van der Waals surface area contributed by atoms with Crippen LogP contribution < -0.4 is 15.0 Å². The van der Waals surface area contributed by atoms with E-state index in [0.29, 0.717) is 48.6 Å². The van der Waals surface area contributed by atoms with E-state index in [1.165, 1.54) is 0 Å². The largest absolute Gasteiger partial charge is 0.494 e. The van der Waals surface area contributed by atoms with Crippen LogP contribution in [0.5, 0.6) is 5.75 Å². The second-order valence-electron chi connectivity index (χ2n) is 10.9. The molecule has 232 valence electrons. The van der Waals surface area contributed by atoms with Crippen LogP contribution in [-0.4, -0.2) is 42.0 Å². The van der Waals surface area contributed by atoms with Crippen LogP contribution in [0.25, 0.3) is 0 Å². The lowest BCUT2D eigenvalue weighted by Gasteiger charge is -2.23. The predicted molar refractivity (Wildman–Crippen MR) is 181 cm³/mol. The molecular formula is C39H36N2O5. The van der Waals surface area contributed by atoms with Gasteiger partial charge in [0.25, 0.3) is 0 Å². The number of amides is 1. The highest BCUT2D eigenvalue weighted by molar-refractivity contribution is 6.12. The Hall–Kier alpha value is -5.69. The Morgan fingerprint density at radius 2 is 1.30 bits per heavy atom. The van der Waals surface area contributed by atoms with E-state index >= 15 is 0 Å². The minimum absolute atomic E-state index is 0.0235. The number of rotatable bonds is 15. The molecule has 7 nitrogen and oxygen atoms in total. The molecule has 0 aromatic heterocycles. The molecule has 5 rings (SSSR count). The highest BCUT2D eigenvalue weighted by Crippen LogP contribution is 2.22. The number of carboxylic acids is 1. The van der Waals surface area contributed by atoms with Crippen LogP contribution >= 0.6 is 0 Å². The zero-order chi connectivity index (χ0) is 32.1. The Kier molecular flexibility index (Phi) is 10.9. The van der Waals surface area contributed by atoms with Gasteiger partial charge in [0, 0.05) is 35.5 Å². The summed E-state index contributed by atoms with van der Waals surface area (Å²) in [5.74, 6) is -0.520. The van der Waals surface area contributed by atoms with Crippen molar-refractivity contribution < 1.29 is 24.2 Å². The maximum Gasteiger partial charge on any atom is 0.326 e. The van der Waals surface area contributed by atoms with Gasteiger partial charge in [-0.2, -0.15) is 0 Å². The zero-order valence-electron chi connectivity index (χ0n) is 25.4. The Bertz CT molecular complexity index is 1730. The summed E-state index contributed by atoms with van der Waals surface area (Å²) in [6.45, 7) is 0.917. The average molecular weight is 613 g/mol.